The van der Waals surface area contributed by atoms with Gasteiger partial charge in [0.2, 0.25) is 0 Å². The lowest BCUT2D eigenvalue weighted by molar-refractivity contribution is 0.0955. The molecule has 0 aliphatic heterocycles. The van der Waals surface area contributed by atoms with Gasteiger partial charge in [-0.25, -0.2) is 0 Å². The van der Waals surface area contributed by atoms with Crippen molar-refractivity contribution in [3.8, 4) is 0 Å². The molecule has 2 N–H and O–H groups in total. The molecule has 0 atom stereocenters. The molecule has 2 rings (SSSR count). The van der Waals surface area contributed by atoms with E-state index in [1.807, 2.05) is 43.3 Å². The molecule has 0 spiro atoms. The summed E-state index contributed by atoms with van der Waals surface area (Å²) in [7, 11) is 3.89. The molecule has 1 heterocycles. The van der Waals surface area contributed by atoms with Crippen LogP contribution in [0.2, 0.25) is 0 Å². The van der Waals surface area contributed by atoms with Gasteiger partial charge in [-0.15, -0.1) is 5.10 Å². The quantitative estimate of drug-likeness (QED) is 0.785. The van der Waals surface area contributed by atoms with Crippen LogP contribution in [0.1, 0.15) is 10.4 Å². The maximum atomic E-state index is 11.8. The number of rotatable bonds is 6. The fourth-order valence-corrected chi connectivity index (χ4v) is 1.75. The molecule has 0 unspecified atom stereocenters. The number of amides is 1. The molecule has 0 saturated carbocycles. The van der Waals surface area contributed by atoms with Gasteiger partial charge in [-0.3, -0.25) is 4.79 Å². The van der Waals surface area contributed by atoms with Crippen molar-refractivity contribution in [2.75, 3.05) is 37.4 Å². The Morgan fingerprint density at radius 3 is 2.67 bits per heavy atom. The number of carbonyl (C=O) groups is 1. The van der Waals surface area contributed by atoms with Crippen LogP contribution in [-0.4, -0.2) is 43.3 Å². The normalized spacial score (nSPS) is 10.0. The fourth-order valence-electron chi connectivity index (χ4n) is 1.75. The summed E-state index contributed by atoms with van der Waals surface area (Å²) in [4.78, 5) is 13.8. The molecular weight excluding hydrogens is 266 g/mol. The summed E-state index contributed by atoms with van der Waals surface area (Å²) >= 11 is 0. The number of hydrogen-bond donors (Lipinski definition) is 2. The maximum absolute atomic E-state index is 11.8. The molecular formula is C15H19N5O. The number of nitrogens with one attached hydrogen (secondary N) is 2. The SMILES string of the molecule is CN(C)c1cnnc(NCCNC(=O)c2ccccc2)c1. The van der Waals surface area contributed by atoms with E-state index in [0.717, 1.165) is 5.69 Å². The highest BCUT2D eigenvalue weighted by molar-refractivity contribution is 5.94. The molecule has 0 radical (unpaired) electrons. The average molecular weight is 285 g/mol. The van der Waals surface area contributed by atoms with Gasteiger partial charge in [0.15, 0.2) is 5.82 Å². The van der Waals surface area contributed by atoms with Crippen molar-refractivity contribution in [1.29, 1.82) is 0 Å². The van der Waals surface area contributed by atoms with E-state index in [0.29, 0.717) is 24.5 Å². The van der Waals surface area contributed by atoms with Gasteiger partial charge in [-0.1, -0.05) is 18.2 Å². The maximum Gasteiger partial charge on any atom is 0.251 e. The summed E-state index contributed by atoms with van der Waals surface area (Å²) in [6.07, 6.45) is 1.70. The molecule has 110 valence electrons. The van der Waals surface area contributed by atoms with Crippen LogP contribution in [0.25, 0.3) is 0 Å². The molecule has 21 heavy (non-hydrogen) atoms. The Morgan fingerprint density at radius 2 is 1.95 bits per heavy atom. The van der Waals surface area contributed by atoms with Crippen molar-refractivity contribution in [3.63, 3.8) is 0 Å². The second kappa shape index (κ2) is 7.23. The fraction of sp³-hybridized carbons (Fsp3) is 0.267. The smallest absolute Gasteiger partial charge is 0.251 e. The number of carbonyl (C=O) groups excluding carboxylic acids is 1. The van der Waals surface area contributed by atoms with Gasteiger partial charge in [-0.05, 0) is 12.1 Å². The van der Waals surface area contributed by atoms with Gasteiger partial charge in [0, 0.05) is 38.8 Å². The van der Waals surface area contributed by atoms with E-state index in [4.69, 9.17) is 0 Å². The number of hydrogen-bond acceptors (Lipinski definition) is 5. The van der Waals surface area contributed by atoms with Crippen LogP contribution >= 0.6 is 0 Å². The van der Waals surface area contributed by atoms with Gasteiger partial charge >= 0.3 is 0 Å². The lowest BCUT2D eigenvalue weighted by Gasteiger charge is -2.13. The summed E-state index contributed by atoms with van der Waals surface area (Å²) in [6.45, 7) is 1.10. The zero-order valence-electron chi connectivity index (χ0n) is 12.2. The number of anilines is 2. The summed E-state index contributed by atoms with van der Waals surface area (Å²) in [5.74, 6) is 0.612. The van der Waals surface area contributed by atoms with E-state index in [9.17, 15) is 4.79 Å². The van der Waals surface area contributed by atoms with E-state index in [1.165, 1.54) is 0 Å². The molecule has 1 amide bonds. The first-order chi connectivity index (χ1) is 10.2. The van der Waals surface area contributed by atoms with Gasteiger partial charge in [0.05, 0.1) is 11.9 Å². The van der Waals surface area contributed by atoms with Crippen LogP contribution in [0.5, 0.6) is 0 Å². The summed E-state index contributed by atoms with van der Waals surface area (Å²) in [6, 6.07) is 11.1. The third-order valence-corrected chi connectivity index (χ3v) is 2.91. The van der Waals surface area contributed by atoms with Gasteiger partial charge in [0.1, 0.15) is 0 Å². The van der Waals surface area contributed by atoms with Crippen molar-refractivity contribution in [1.82, 2.24) is 15.5 Å². The molecule has 0 bridgehead atoms. The van der Waals surface area contributed by atoms with Crippen LogP contribution in [0.15, 0.2) is 42.6 Å². The van der Waals surface area contributed by atoms with E-state index in [-0.39, 0.29) is 5.91 Å². The molecule has 0 aliphatic rings. The van der Waals surface area contributed by atoms with Gasteiger partial charge in [0.25, 0.3) is 5.91 Å². The minimum absolute atomic E-state index is 0.0782. The first-order valence-corrected chi connectivity index (χ1v) is 6.74. The number of aromatic nitrogens is 2. The van der Waals surface area contributed by atoms with Gasteiger partial charge < -0.3 is 15.5 Å². The minimum atomic E-state index is -0.0782. The molecule has 0 aliphatic carbocycles. The Balaban J connectivity index is 1.77. The lowest BCUT2D eigenvalue weighted by atomic mass is 10.2. The van der Waals surface area contributed by atoms with Crippen molar-refractivity contribution < 1.29 is 4.79 Å². The van der Waals surface area contributed by atoms with Crippen LogP contribution in [0.3, 0.4) is 0 Å². The second-order valence-corrected chi connectivity index (χ2v) is 4.74. The molecule has 6 heteroatoms. The summed E-state index contributed by atoms with van der Waals surface area (Å²) in [5, 5.41) is 13.9. The zero-order chi connectivity index (χ0) is 15.1. The van der Waals surface area contributed by atoms with Crippen molar-refractivity contribution in [2.45, 2.75) is 0 Å². The number of nitrogens with zero attached hydrogens (tertiary/aromatic N) is 3. The molecule has 2 aromatic rings. The lowest BCUT2D eigenvalue weighted by Crippen LogP contribution is -2.28. The standard InChI is InChI=1S/C15H19N5O/c1-20(2)13-10-14(19-18-11-13)16-8-9-17-15(21)12-6-4-3-5-7-12/h3-7,10-11H,8-9H2,1-2H3,(H,16,19)(H,17,21). The Labute approximate surface area is 124 Å². The Hall–Kier alpha value is -2.63. The molecule has 1 aromatic carbocycles. The van der Waals surface area contributed by atoms with E-state index in [1.54, 1.807) is 18.3 Å². The first-order valence-electron chi connectivity index (χ1n) is 6.74. The summed E-state index contributed by atoms with van der Waals surface area (Å²) < 4.78 is 0. The topological polar surface area (TPSA) is 70.2 Å². The highest BCUT2D eigenvalue weighted by Gasteiger charge is 2.03. The van der Waals surface area contributed by atoms with E-state index in [2.05, 4.69) is 20.8 Å². The van der Waals surface area contributed by atoms with Crippen LogP contribution in [0, 0.1) is 0 Å². The van der Waals surface area contributed by atoms with Crippen molar-refractivity contribution in [2.24, 2.45) is 0 Å². The largest absolute Gasteiger partial charge is 0.376 e. The zero-order valence-corrected chi connectivity index (χ0v) is 12.2. The Kier molecular flexibility index (Phi) is 5.09. The van der Waals surface area contributed by atoms with Gasteiger partial charge in [-0.2, -0.15) is 5.10 Å². The van der Waals surface area contributed by atoms with Crippen LogP contribution < -0.4 is 15.5 Å². The van der Waals surface area contributed by atoms with Crippen molar-refractivity contribution >= 4 is 17.4 Å². The molecule has 1 aromatic heterocycles. The highest BCUT2D eigenvalue weighted by atomic mass is 16.1. The Morgan fingerprint density at radius 1 is 1.19 bits per heavy atom. The predicted molar refractivity (Wildman–Crippen MR) is 83.6 cm³/mol. The number of benzene rings is 1. The molecule has 6 nitrogen and oxygen atoms in total. The molecule has 0 fully saturated rings. The third kappa shape index (κ3) is 4.45. The van der Waals surface area contributed by atoms with Crippen molar-refractivity contribution in [3.05, 3.63) is 48.2 Å². The first kappa shape index (κ1) is 14.8. The van der Waals surface area contributed by atoms with Crippen LogP contribution in [-0.2, 0) is 0 Å². The third-order valence-electron chi connectivity index (χ3n) is 2.91. The Bertz CT molecular complexity index is 586. The van der Waals surface area contributed by atoms with E-state index >= 15 is 0 Å². The van der Waals surface area contributed by atoms with Crippen LogP contribution in [0.4, 0.5) is 11.5 Å². The second-order valence-electron chi connectivity index (χ2n) is 4.74. The highest BCUT2D eigenvalue weighted by Crippen LogP contribution is 2.12. The monoisotopic (exact) mass is 285 g/mol. The molecule has 0 saturated heterocycles. The predicted octanol–water partition coefficient (Wildman–Crippen LogP) is 1.38. The van der Waals surface area contributed by atoms with E-state index < -0.39 is 0 Å². The summed E-state index contributed by atoms with van der Waals surface area (Å²) in [5.41, 5.74) is 1.63. The minimum Gasteiger partial charge on any atom is -0.376 e. The average Bonchev–Trinajstić information content (AvgIpc) is 2.52.